The summed E-state index contributed by atoms with van der Waals surface area (Å²) in [6.07, 6.45) is 1.69. The number of hydrogen-bond donors (Lipinski definition) is 0. The molecule has 0 bridgehead atoms. The van der Waals surface area contributed by atoms with Crippen LogP contribution in [-0.4, -0.2) is 11.7 Å². The Hall–Kier alpha value is -0.890. The highest BCUT2D eigenvalue weighted by Crippen LogP contribution is 2.05. The zero-order valence-corrected chi connectivity index (χ0v) is 6.17. The van der Waals surface area contributed by atoms with Crippen LogP contribution in [0.3, 0.4) is 0 Å². The predicted octanol–water partition coefficient (Wildman–Crippen LogP) is 1.94. The zero-order chi connectivity index (χ0) is 7.40. The summed E-state index contributed by atoms with van der Waals surface area (Å²) in [5.41, 5.74) is 1.03. The van der Waals surface area contributed by atoms with Crippen LogP contribution < -0.4 is 0 Å². The summed E-state index contributed by atoms with van der Waals surface area (Å²) in [4.78, 5) is 7.58. The average Bonchev–Trinajstić information content (AvgIpc) is 1.95. The van der Waals surface area contributed by atoms with Crippen LogP contribution in [0.15, 0.2) is 23.3 Å². The number of aromatic nitrogens is 1. The molecular formula is C7H7ClN2. The van der Waals surface area contributed by atoms with Crippen LogP contribution in [-0.2, 0) is 6.54 Å². The Kier molecular flexibility index (Phi) is 2.40. The maximum Gasteiger partial charge on any atom is 0.129 e. The van der Waals surface area contributed by atoms with Gasteiger partial charge in [-0.05, 0) is 18.3 Å². The first-order valence-electron chi connectivity index (χ1n) is 2.86. The maximum atomic E-state index is 5.55. The Morgan fingerprint density at radius 2 is 2.40 bits per heavy atom. The molecule has 0 aliphatic rings. The van der Waals surface area contributed by atoms with E-state index in [2.05, 4.69) is 16.7 Å². The van der Waals surface area contributed by atoms with Gasteiger partial charge in [0.1, 0.15) is 5.15 Å². The number of rotatable bonds is 2. The van der Waals surface area contributed by atoms with Crippen LogP contribution >= 0.6 is 11.6 Å². The van der Waals surface area contributed by atoms with E-state index in [1.54, 1.807) is 12.3 Å². The van der Waals surface area contributed by atoms with Crippen molar-refractivity contribution in [3.8, 4) is 0 Å². The van der Waals surface area contributed by atoms with E-state index >= 15 is 0 Å². The molecule has 1 rings (SSSR count). The topological polar surface area (TPSA) is 25.2 Å². The van der Waals surface area contributed by atoms with Gasteiger partial charge in [-0.15, -0.1) is 0 Å². The summed E-state index contributed by atoms with van der Waals surface area (Å²) in [7, 11) is 0. The first-order valence-corrected chi connectivity index (χ1v) is 3.23. The van der Waals surface area contributed by atoms with Crippen molar-refractivity contribution in [1.82, 2.24) is 4.98 Å². The van der Waals surface area contributed by atoms with Gasteiger partial charge in [0.05, 0.1) is 6.54 Å². The molecule has 0 atom stereocenters. The van der Waals surface area contributed by atoms with Gasteiger partial charge in [0.25, 0.3) is 0 Å². The normalized spacial score (nSPS) is 9.30. The Morgan fingerprint density at radius 3 is 2.90 bits per heavy atom. The van der Waals surface area contributed by atoms with E-state index < -0.39 is 0 Å². The molecule has 10 heavy (non-hydrogen) atoms. The van der Waals surface area contributed by atoms with Crippen molar-refractivity contribution in [1.29, 1.82) is 0 Å². The van der Waals surface area contributed by atoms with Crippen molar-refractivity contribution < 1.29 is 0 Å². The van der Waals surface area contributed by atoms with Gasteiger partial charge in [0, 0.05) is 6.20 Å². The van der Waals surface area contributed by atoms with Crippen LogP contribution in [0.5, 0.6) is 0 Å². The van der Waals surface area contributed by atoms with Crippen LogP contribution in [0.1, 0.15) is 5.56 Å². The predicted molar refractivity (Wildman–Crippen MR) is 42.5 cm³/mol. The molecule has 1 aromatic heterocycles. The van der Waals surface area contributed by atoms with E-state index in [-0.39, 0.29) is 0 Å². The number of pyridine rings is 1. The largest absolute Gasteiger partial charge is 0.296 e. The lowest BCUT2D eigenvalue weighted by atomic mass is 10.3. The molecule has 0 saturated heterocycles. The molecular weight excluding hydrogens is 148 g/mol. The molecule has 3 heteroatoms. The standard InChI is InChI=1S/C7H7ClN2/c1-9-4-6-2-3-7(8)10-5-6/h2-3,5H,1,4H2. The highest BCUT2D eigenvalue weighted by molar-refractivity contribution is 6.29. The van der Waals surface area contributed by atoms with Crippen molar-refractivity contribution >= 4 is 18.3 Å². The SMILES string of the molecule is C=NCc1ccc(Cl)nc1. The monoisotopic (exact) mass is 154 g/mol. The van der Waals surface area contributed by atoms with Gasteiger partial charge in [0.2, 0.25) is 0 Å². The van der Waals surface area contributed by atoms with Crippen LogP contribution in [0.2, 0.25) is 5.15 Å². The first-order chi connectivity index (χ1) is 4.83. The third-order valence-corrected chi connectivity index (χ3v) is 1.31. The molecule has 0 aromatic carbocycles. The van der Waals surface area contributed by atoms with Crippen molar-refractivity contribution in [2.24, 2.45) is 4.99 Å². The Labute approximate surface area is 64.6 Å². The summed E-state index contributed by atoms with van der Waals surface area (Å²) in [5, 5.41) is 0.507. The van der Waals surface area contributed by atoms with Gasteiger partial charge in [-0.2, -0.15) is 0 Å². The Balaban J connectivity index is 2.78. The molecule has 0 N–H and O–H groups in total. The fourth-order valence-corrected chi connectivity index (χ4v) is 0.741. The lowest BCUT2D eigenvalue weighted by Crippen LogP contribution is -1.81. The second kappa shape index (κ2) is 3.32. The van der Waals surface area contributed by atoms with Gasteiger partial charge in [-0.25, -0.2) is 4.98 Å². The fourth-order valence-electron chi connectivity index (χ4n) is 0.629. The molecule has 1 aromatic rings. The second-order valence-electron chi connectivity index (χ2n) is 1.87. The highest BCUT2D eigenvalue weighted by atomic mass is 35.5. The van der Waals surface area contributed by atoms with E-state index in [0.717, 1.165) is 5.56 Å². The number of hydrogen-bond acceptors (Lipinski definition) is 2. The minimum atomic E-state index is 0.507. The summed E-state index contributed by atoms with van der Waals surface area (Å²) >= 11 is 5.55. The smallest absolute Gasteiger partial charge is 0.129 e. The third-order valence-electron chi connectivity index (χ3n) is 1.08. The van der Waals surface area contributed by atoms with Gasteiger partial charge in [-0.3, -0.25) is 4.99 Å². The quantitative estimate of drug-likeness (QED) is 0.472. The summed E-state index contributed by atoms with van der Waals surface area (Å²) in [5.74, 6) is 0. The van der Waals surface area contributed by atoms with Crippen LogP contribution in [0.4, 0.5) is 0 Å². The minimum absolute atomic E-state index is 0.507. The molecule has 0 radical (unpaired) electrons. The van der Waals surface area contributed by atoms with Crippen LogP contribution in [0.25, 0.3) is 0 Å². The summed E-state index contributed by atoms with van der Waals surface area (Å²) in [6.45, 7) is 3.97. The molecule has 0 unspecified atom stereocenters. The number of nitrogens with zero attached hydrogens (tertiary/aromatic N) is 2. The Morgan fingerprint density at radius 1 is 1.60 bits per heavy atom. The first kappa shape index (κ1) is 7.22. The number of aliphatic imine (C=N–C) groups is 1. The average molecular weight is 155 g/mol. The van der Waals surface area contributed by atoms with E-state index in [4.69, 9.17) is 11.6 Å². The highest BCUT2D eigenvalue weighted by Gasteiger charge is 1.89. The summed E-state index contributed by atoms with van der Waals surface area (Å²) in [6, 6.07) is 3.62. The van der Waals surface area contributed by atoms with E-state index in [1.807, 2.05) is 6.07 Å². The molecule has 0 spiro atoms. The lowest BCUT2D eigenvalue weighted by molar-refractivity contribution is 1.06. The van der Waals surface area contributed by atoms with Gasteiger partial charge < -0.3 is 0 Å². The van der Waals surface area contributed by atoms with Crippen LogP contribution in [0, 0.1) is 0 Å². The maximum absolute atomic E-state index is 5.55. The summed E-state index contributed by atoms with van der Waals surface area (Å²) < 4.78 is 0. The Bertz CT molecular complexity index is 218. The lowest BCUT2D eigenvalue weighted by Gasteiger charge is -1.93. The van der Waals surface area contributed by atoms with Crippen molar-refractivity contribution in [3.63, 3.8) is 0 Å². The molecule has 0 amide bonds. The third kappa shape index (κ3) is 1.81. The number of halogens is 1. The molecule has 52 valence electrons. The molecule has 1 heterocycles. The van der Waals surface area contributed by atoms with Gasteiger partial charge >= 0.3 is 0 Å². The van der Waals surface area contributed by atoms with Crippen molar-refractivity contribution in [2.45, 2.75) is 6.54 Å². The minimum Gasteiger partial charge on any atom is -0.296 e. The van der Waals surface area contributed by atoms with Gasteiger partial charge in [-0.1, -0.05) is 17.7 Å². The van der Waals surface area contributed by atoms with Gasteiger partial charge in [0.15, 0.2) is 0 Å². The molecule has 0 aliphatic heterocycles. The van der Waals surface area contributed by atoms with E-state index in [9.17, 15) is 0 Å². The van der Waals surface area contributed by atoms with E-state index in [1.165, 1.54) is 0 Å². The van der Waals surface area contributed by atoms with Crippen molar-refractivity contribution in [2.75, 3.05) is 0 Å². The fraction of sp³-hybridized carbons (Fsp3) is 0.143. The van der Waals surface area contributed by atoms with Crippen molar-refractivity contribution in [3.05, 3.63) is 29.0 Å². The zero-order valence-electron chi connectivity index (χ0n) is 5.42. The molecule has 2 nitrogen and oxygen atoms in total. The molecule has 0 fully saturated rings. The second-order valence-corrected chi connectivity index (χ2v) is 2.26. The molecule has 0 aliphatic carbocycles. The molecule has 0 saturated carbocycles. The van der Waals surface area contributed by atoms with E-state index in [0.29, 0.717) is 11.7 Å².